The molecular weight excluding hydrogens is 270 g/mol. The topological polar surface area (TPSA) is 67.6 Å². The Labute approximate surface area is 124 Å². The number of amides is 1. The Kier molecular flexibility index (Phi) is 3.65. The summed E-state index contributed by atoms with van der Waals surface area (Å²) >= 11 is 0. The molecule has 1 unspecified atom stereocenters. The number of ether oxygens (including phenoxy) is 1. The average molecular weight is 293 g/mol. The molecule has 1 fully saturated rings. The molecule has 0 bridgehead atoms. The highest BCUT2D eigenvalue weighted by Crippen LogP contribution is 2.30. The molecular formula is C15H23N3O3. The molecule has 0 aliphatic carbocycles. The minimum atomic E-state index is -0.479. The van der Waals surface area contributed by atoms with Crippen LogP contribution in [0.5, 0.6) is 0 Å². The van der Waals surface area contributed by atoms with Crippen LogP contribution < -0.4 is 5.32 Å². The molecule has 0 radical (unpaired) electrons. The molecule has 0 saturated carbocycles. The summed E-state index contributed by atoms with van der Waals surface area (Å²) in [4.78, 5) is 18.3. The van der Waals surface area contributed by atoms with Gasteiger partial charge in [0.15, 0.2) is 5.89 Å². The smallest absolute Gasteiger partial charge is 0.411 e. The van der Waals surface area contributed by atoms with Crippen molar-refractivity contribution >= 4 is 6.09 Å². The third-order valence-corrected chi connectivity index (χ3v) is 3.77. The largest absolute Gasteiger partial charge is 0.444 e. The van der Waals surface area contributed by atoms with Crippen LogP contribution in [0.25, 0.3) is 0 Å². The Morgan fingerprint density at radius 2 is 2.24 bits per heavy atom. The molecule has 0 aromatic carbocycles. The number of carbonyl (C=O) groups is 1. The fourth-order valence-electron chi connectivity index (χ4n) is 2.75. The van der Waals surface area contributed by atoms with Crippen molar-refractivity contribution in [2.45, 2.75) is 58.2 Å². The molecule has 1 saturated heterocycles. The number of nitrogens with zero attached hydrogens (tertiary/aromatic N) is 2. The van der Waals surface area contributed by atoms with Crippen LogP contribution in [-0.2, 0) is 17.8 Å². The molecule has 2 aliphatic heterocycles. The molecule has 1 aromatic rings. The van der Waals surface area contributed by atoms with E-state index in [4.69, 9.17) is 9.15 Å². The summed E-state index contributed by atoms with van der Waals surface area (Å²) in [6, 6.07) is 0. The molecule has 0 spiro atoms. The lowest BCUT2D eigenvalue weighted by Gasteiger charge is -2.24. The van der Waals surface area contributed by atoms with E-state index in [1.54, 1.807) is 4.90 Å². The van der Waals surface area contributed by atoms with Crippen LogP contribution in [0, 0.1) is 0 Å². The van der Waals surface area contributed by atoms with E-state index in [0.717, 1.165) is 43.3 Å². The van der Waals surface area contributed by atoms with Crippen molar-refractivity contribution in [3.05, 3.63) is 17.3 Å². The Bertz CT molecular complexity index is 503. The molecule has 2 aliphatic rings. The second kappa shape index (κ2) is 5.33. The van der Waals surface area contributed by atoms with Gasteiger partial charge in [0.1, 0.15) is 17.1 Å². The Balaban J connectivity index is 1.63. The van der Waals surface area contributed by atoms with Crippen molar-refractivity contribution in [1.82, 2.24) is 15.2 Å². The SMILES string of the molecule is CC(C)(C)OC(=O)N1Cc2nc(C3CCCNC3)oc2C1. The van der Waals surface area contributed by atoms with Gasteiger partial charge >= 0.3 is 6.09 Å². The number of hydrogen-bond donors (Lipinski definition) is 1. The molecule has 1 atom stereocenters. The van der Waals surface area contributed by atoms with Gasteiger partial charge in [0, 0.05) is 12.5 Å². The number of hydrogen-bond acceptors (Lipinski definition) is 5. The highest BCUT2D eigenvalue weighted by atomic mass is 16.6. The van der Waals surface area contributed by atoms with Gasteiger partial charge in [-0.2, -0.15) is 0 Å². The number of piperidine rings is 1. The van der Waals surface area contributed by atoms with Crippen molar-refractivity contribution in [3.63, 3.8) is 0 Å². The minimum absolute atomic E-state index is 0.309. The number of oxazole rings is 1. The Morgan fingerprint density at radius 1 is 1.43 bits per heavy atom. The van der Waals surface area contributed by atoms with Crippen molar-refractivity contribution < 1.29 is 13.9 Å². The van der Waals surface area contributed by atoms with Gasteiger partial charge in [0.25, 0.3) is 0 Å². The zero-order valence-corrected chi connectivity index (χ0v) is 12.9. The van der Waals surface area contributed by atoms with Crippen LogP contribution in [0.15, 0.2) is 4.42 Å². The fraction of sp³-hybridized carbons (Fsp3) is 0.733. The number of carbonyl (C=O) groups excluding carboxylic acids is 1. The number of aromatic nitrogens is 1. The zero-order valence-electron chi connectivity index (χ0n) is 12.9. The molecule has 1 amide bonds. The first-order valence-electron chi connectivity index (χ1n) is 7.59. The molecule has 3 heterocycles. The van der Waals surface area contributed by atoms with E-state index in [1.165, 1.54) is 0 Å². The number of fused-ring (bicyclic) bond motifs is 1. The molecule has 6 heteroatoms. The lowest BCUT2D eigenvalue weighted by molar-refractivity contribution is 0.0231. The summed E-state index contributed by atoms with van der Waals surface area (Å²) in [5.41, 5.74) is 0.397. The Morgan fingerprint density at radius 3 is 2.86 bits per heavy atom. The third-order valence-electron chi connectivity index (χ3n) is 3.77. The predicted octanol–water partition coefficient (Wildman–Crippen LogP) is 2.39. The first-order valence-corrected chi connectivity index (χ1v) is 7.59. The predicted molar refractivity (Wildman–Crippen MR) is 76.8 cm³/mol. The van der Waals surface area contributed by atoms with Gasteiger partial charge in [-0.25, -0.2) is 9.78 Å². The molecule has 21 heavy (non-hydrogen) atoms. The van der Waals surface area contributed by atoms with Crippen molar-refractivity contribution in [2.75, 3.05) is 13.1 Å². The lowest BCUT2D eigenvalue weighted by atomic mass is 10.00. The first-order chi connectivity index (χ1) is 9.92. The summed E-state index contributed by atoms with van der Waals surface area (Å²) in [7, 11) is 0. The highest BCUT2D eigenvalue weighted by molar-refractivity contribution is 5.68. The van der Waals surface area contributed by atoms with Crippen molar-refractivity contribution in [1.29, 1.82) is 0 Å². The molecule has 6 nitrogen and oxygen atoms in total. The minimum Gasteiger partial charge on any atom is -0.444 e. The quantitative estimate of drug-likeness (QED) is 0.861. The van der Waals surface area contributed by atoms with E-state index in [1.807, 2.05) is 20.8 Å². The van der Waals surface area contributed by atoms with Gasteiger partial charge in [0.05, 0.1) is 13.1 Å². The second-order valence-corrected chi connectivity index (χ2v) is 6.80. The van der Waals surface area contributed by atoms with E-state index in [9.17, 15) is 4.79 Å². The maximum absolute atomic E-state index is 12.0. The van der Waals surface area contributed by atoms with Gasteiger partial charge in [-0.1, -0.05) is 0 Å². The summed E-state index contributed by atoms with van der Waals surface area (Å²) in [6.07, 6.45) is 1.96. The van der Waals surface area contributed by atoms with E-state index in [2.05, 4.69) is 10.3 Å². The normalized spacial score (nSPS) is 22.2. The van der Waals surface area contributed by atoms with Crippen molar-refractivity contribution in [3.8, 4) is 0 Å². The maximum Gasteiger partial charge on any atom is 0.411 e. The average Bonchev–Trinajstić information content (AvgIpc) is 2.95. The van der Waals surface area contributed by atoms with Gasteiger partial charge in [-0.15, -0.1) is 0 Å². The molecule has 1 N–H and O–H groups in total. The maximum atomic E-state index is 12.0. The van der Waals surface area contributed by atoms with Crippen molar-refractivity contribution in [2.24, 2.45) is 0 Å². The molecule has 3 rings (SSSR count). The van der Waals surface area contributed by atoms with E-state index in [0.29, 0.717) is 19.0 Å². The summed E-state index contributed by atoms with van der Waals surface area (Å²) < 4.78 is 11.3. The third kappa shape index (κ3) is 3.20. The highest BCUT2D eigenvalue weighted by Gasteiger charge is 2.33. The van der Waals surface area contributed by atoms with Gasteiger partial charge in [-0.3, -0.25) is 4.90 Å². The summed E-state index contributed by atoms with van der Waals surface area (Å²) in [6.45, 7) is 8.53. The number of nitrogens with one attached hydrogen (secondary N) is 1. The van der Waals surface area contributed by atoms with E-state index in [-0.39, 0.29) is 6.09 Å². The molecule has 116 valence electrons. The van der Waals surface area contributed by atoms with Crippen LogP contribution in [0.4, 0.5) is 4.79 Å². The van der Waals surface area contributed by atoms with Crippen LogP contribution >= 0.6 is 0 Å². The van der Waals surface area contributed by atoms with E-state index >= 15 is 0 Å². The van der Waals surface area contributed by atoms with Crippen LogP contribution in [0.1, 0.15) is 56.9 Å². The monoisotopic (exact) mass is 293 g/mol. The van der Waals surface area contributed by atoms with Gasteiger partial charge in [0.2, 0.25) is 0 Å². The van der Waals surface area contributed by atoms with Gasteiger partial charge < -0.3 is 14.5 Å². The summed E-state index contributed by atoms with van der Waals surface area (Å²) in [5.74, 6) is 1.98. The summed E-state index contributed by atoms with van der Waals surface area (Å²) in [5, 5.41) is 3.37. The fourth-order valence-corrected chi connectivity index (χ4v) is 2.75. The van der Waals surface area contributed by atoms with Crippen LogP contribution in [-0.4, -0.2) is 34.7 Å². The lowest BCUT2D eigenvalue weighted by Crippen LogP contribution is -2.33. The number of rotatable bonds is 1. The second-order valence-electron chi connectivity index (χ2n) is 6.80. The van der Waals surface area contributed by atoms with Gasteiger partial charge in [-0.05, 0) is 40.2 Å². The van der Waals surface area contributed by atoms with Crippen LogP contribution in [0.3, 0.4) is 0 Å². The Hall–Kier alpha value is -1.56. The van der Waals surface area contributed by atoms with E-state index < -0.39 is 5.60 Å². The zero-order chi connectivity index (χ0) is 15.0. The molecule has 1 aromatic heterocycles. The first kappa shape index (κ1) is 14.4. The standard InChI is InChI=1S/C15H23N3O3/c1-15(2,3)21-14(19)18-8-11-12(9-18)20-13(17-11)10-5-4-6-16-7-10/h10,16H,4-9H2,1-3H3. The van der Waals surface area contributed by atoms with Crippen LogP contribution in [0.2, 0.25) is 0 Å².